The number of hydrogen-bond donors (Lipinski definition) is 4. The minimum absolute atomic E-state index is 0.00189. The Morgan fingerprint density at radius 1 is 1.00 bits per heavy atom. The predicted molar refractivity (Wildman–Crippen MR) is 242 cm³/mol. The number of nitrogens with one attached hydrogen (secondary N) is 2. The van der Waals surface area contributed by atoms with Crippen LogP contribution in [-0.4, -0.2) is 150 Å². The molecule has 0 unspecified atom stereocenters. The topological polar surface area (TPSA) is 183 Å². The van der Waals surface area contributed by atoms with Gasteiger partial charge in [0.1, 0.15) is 17.1 Å². The second kappa shape index (κ2) is 24.7. The molecule has 4 aliphatic rings. The van der Waals surface area contributed by atoms with E-state index < -0.39 is 12.4 Å². The number of nitrogens with zero attached hydrogens (tertiary/aromatic N) is 4. The number of carbonyl (C=O) groups excluding carboxylic acids is 3. The van der Waals surface area contributed by atoms with Crippen molar-refractivity contribution in [2.45, 2.75) is 102 Å². The number of carboxylic acids is 1. The van der Waals surface area contributed by atoms with Gasteiger partial charge in [0.2, 0.25) is 5.91 Å². The number of thiazole rings is 1. The first-order chi connectivity index (χ1) is 31.4. The van der Waals surface area contributed by atoms with E-state index in [9.17, 15) is 28.3 Å². The summed E-state index contributed by atoms with van der Waals surface area (Å²) in [5, 5.41) is 26.4. The zero-order chi connectivity index (χ0) is 46.2. The smallest absolute Gasteiger partial charge is 0.371 e. The number of likely N-dealkylation sites (tertiary alicyclic amines) is 1. The number of benzene rings is 2. The van der Waals surface area contributed by atoms with Crippen molar-refractivity contribution in [2.75, 3.05) is 84.1 Å². The number of carboxylic acid groups (broad SMARTS) is 1. The van der Waals surface area contributed by atoms with Crippen LogP contribution in [0.3, 0.4) is 0 Å². The van der Waals surface area contributed by atoms with Gasteiger partial charge in [-0.2, -0.15) is 8.78 Å². The molecule has 3 aliphatic heterocycles. The number of alkyl halides is 2. The van der Waals surface area contributed by atoms with E-state index in [4.69, 9.17) is 24.1 Å². The molecule has 3 aromatic rings. The summed E-state index contributed by atoms with van der Waals surface area (Å²) < 4.78 is 39.1. The van der Waals surface area contributed by atoms with E-state index in [2.05, 4.69) is 49.7 Å². The van der Waals surface area contributed by atoms with Crippen molar-refractivity contribution in [3.05, 3.63) is 69.2 Å². The molecule has 3 fully saturated rings. The lowest BCUT2D eigenvalue weighted by Gasteiger charge is -2.47. The molecule has 3 amide bonds. The number of amides is 3. The number of phenolic OH excluding ortho intramolecular Hbond substituents is 1. The number of ether oxygens (including phenoxy) is 3. The Bertz CT molecular complexity index is 2020. The highest BCUT2D eigenvalue weighted by Gasteiger charge is 2.41. The summed E-state index contributed by atoms with van der Waals surface area (Å²) in [6.07, 6.45) is 8.35. The van der Waals surface area contributed by atoms with E-state index >= 15 is 0 Å². The zero-order valence-corrected chi connectivity index (χ0v) is 38.2. The van der Waals surface area contributed by atoms with Crippen LogP contribution >= 0.6 is 11.3 Å². The number of anilines is 1. The van der Waals surface area contributed by atoms with Crippen LogP contribution in [0.25, 0.3) is 0 Å². The third-order valence-corrected chi connectivity index (χ3v) is 13.4. The van der Waals surface area contributed by atoms with Gasteiger partial charge in [0.05, 0.1) is 43.4 Å². The molecule has 18 heteroatoms. The standard InChI is InChI=1S/C45H62N6O7S.C2H2F2O2/c1-33-47-38(31-59-33)44(55)50-26-29-58-45(32-50)18-23-49(24-19-45)22-15-34-8-10-35(11-9-34)16-27-56-28-17-41(54)51(37-6-4-2-3-5-7-37)25-21-46-20-14-36-12-13-39(52)42-43(36)57-30-40(53)48-42;3-1(4)2(5)6/h8-13,31,37,46,52H,2-7,14-30,32H2,1H3,(H,48,53);1H,(H,5,6). The Hall–Kier alpha value is -4.75. The number of rotatable bonds is 18. The summed E-state index contributed by atoms with van der Waals surface area (Å²) in [4.78, 5) is 58.3. The van der Waals surface area contributed by atoms with Crippen LogP contribution in [0.15, 0.2) is 41.8 Å². The second-order valence-electron chi connectivity index (χ2n) is 17.2. The Morgan fingerprint density at radius 3 is 2.38 bits per heavy atom. The molecular weight excluding hydrogens is 863 g/mol. The van der Waals surface area contributed by atoms with Gasteiger partial charge in [-0.25, -0.2) is 9.78 Å². The van der Waals surface area contributed by atoms with E-state index in [-0.39, 0.29) is 41.7 Å². The first-order valence-electron chi connectivity index (χ1n) is 22.9. The third-order valence-electron chi connectivity index (χ3n) is 12.6. The lowest BCUT2D eigenvalue weighted by Crippen LogP contribution is -2.58. The normalized spacial score (nSPS) is 17.7. The summed E-state index contributed by atoms with van der Waals surface area (Å²) in [5.41, 5.74) is 4.10. The fourth-order valence-electron chi connectivity index (χ4n) is 8.92. The lowest BCUT2D eigenvalue weighted by atomic mass is 9.89. The first-order valence-corrected chi connectivity index (χ1v) is 23.8. The van der Waals surface area contributed by atoms with Gasteiger partial charge in [-0.05, 0) is 81.2 Å². The molecule has 4 heterocycles. The van der Waals surface area contributed by atoms with Gasteiger partial charge in [0.15, 0.2) is 12.4 Å². The van der Waals surface area contributed by atoms with Crippen molar-refractivity contribution in [3.8, 4) is 11.5 Å². The highest BCUT2D eigenvalue weighted by molar-refractivity contribution is 7.09. The number of phenols is 1. The number of piperidine rings is 1. The minimum Gasteiger partial charge on any atom is -0.506 e. The van der Waals surface area contributed by atoms with Crippen molar-refractivity contribution in [1.29, 1.82) is 0 Å². The van der Waals surface area contributed by atoms with E-state index in [1.54, 1.807) is 6.07 Å². The predicted octanol–water partition coefficient (Wildman–Crippen LogP) is 5.71. The van der Waals surface area contributed by atoms with Gasteiger partial charge in [0.25, 0.3) is 11.8 Å². The molecule has 65 heavy (non-hydrogen) atoms. The van der Waals surface area contributed by atoms with Crippen LogP contribution in [0.2, 0.25) is 0 Å². The quantitative estimate of drug-likeness (QED) is 0.0695. The number of aliphatic carboxylic acids is 1. The van der Waals surface area contributed by atoms with Crippen molar-refractivity contribution >= 4 is 40.7 Å². The number of halogens is 2. The maximum Gasteiger partial charge on any atom is 0.371 e. The van der Waals surface area contributed by atoms with E-state index in [1.165, 1.54) is 35.3 Å². The number of aryl methyl sites for hydroxylation is 1. The van der Waals surface area contributed by atoms with Crippen LogP contribution in [0, 0.1) is 6.92 Å². The molecule has 7 rings (SSSR count). The Kier molecular flexibility index (Phi) is 18.9. The second-order valence-corrected chi connectivity index (χ2v) is 18.2. The van der Waals surface area contributed by atoms with E-state index in [0.29, 0.717) is 82.5 Å². The van der Waals surface area contributed by atoms with Crippen molar-refractivity contribution < 1.29 is 52.4 Å². The molecule has 0 atom stereocenters. The van der Waals surface area contributed by atoms with Crippen molar-refractivity contribution in [3.63, 3.8) is 0 Å². The molecule has 356 valence electrons. The van der Waals surface area contributed by atoms with Gasteiger partial charge in [-0.3, -0.25) is 14.4 Å². The molecule has 0 bridgehead atoms. The van der Waals surface area contributed by atoms with Crippen molar-refractivity contribution in [1.82, 2.24) is 25.0 Å². The molecule has 2 saturated heterocycles. The number of hydrogen-bond acceptors (Lipinski definition) is 12. The largest absolute Gasteiger partial charge is 0.506 e. The zero-order valence-electron chi connectivity index (χ0n) is 37.4. The van der Waals surface area contributed by atoms with Crippen LogP contribution in [0.4, 0.5) is 14.5 Å². The summed E-state index contributed by atoms with van der Waals surface area (Å²) in [7, 11) is 0. The SMILES string of the molecule is Cc1nc(C(=O)N2CCOC3(CCN(CCc4ccc(CCOCCC(=O)N(CCNCCc5ccc(O)c6c5OCC(=O)N6)C5CCCCCC5)cc4)CC3)C2)cs1.O=C(O)C(F)F. The molecule has 1 aromatic heterocycles. The number of aromatic nitrogens is 1. The van der Waals surface area contributed by atoms with Crippen LogP contribution in [0.1, 0.15) is 90.0 Å². The van der Waals surface area contributed by atoms with Gasteiger partial charge in [-0.15, -0.1) is 11.3 Å². The molecule has 1 saturated carbocycles. The highest BCUT2D eigenvalue weighted by Crippen LogP contribution is 2.39. The number of fused-ring (bicyclic) bond motifs is 1. The molecule has 1 aliphatic carbocycles. The molecule has 1 spiro atoms. The van der Waals surface area contributed by atoms with Crippen LogP contribution < -0.4 is 15.4 Å². The van der Waals surface area contributed by atoms with Crippen LogP contribution in [0.5, 0.6) is 11.5 Å². The van der Waals surface area contributed by atoms with Crippen molar-refractivity contribution in [2.24, 2.45) is 0 Å². The number of aromatic hydroxyl groups is 1. The van der Waals surface area contributed by atoms with Gasteiger partial charge in [-0.1, -0.05) is 56.0 Å². The maximum absolute atomic E-state index is 13.6. The Labute approximate surface area is 383 Å². The van der Waals surface area contributed by atoms with Gasteiger partial charge in [0, 0.05) is 50.7 Å². The van der Waals surface area contributed by atoms with E-state index in [1.807, 2.05) is 23.3 Å². The summed E-state index contributed by atoms with van der Waals surface area (Å²) in [6.45, 7) is 9.65. The Morgan fingerprint density at radius 2 is 1.71 bits per heavy atom. The van der Waals surface area contributed by atoms with Gasteiger partial charge < -0.3 is 49.8 Å². The summed E-state index contributed by atoms with van der Waals surface area (Å²) in [5.74, 6) is -1.64. The molecular formula is C47H64F2N6O9S. The molecule has 15 nitrogen and oxygen atoms in total. The average Bonchev–Trinajstić information content (AvgIpc) is 3.56. The molecule has 2 aromatic carbocycles. The van der Waals surface area contributed by atoms with Gasteiger partial charge >= 0.3 is 12.4 Å². The minimum atomic E-state index is -3.23. The maximum atomic E-state index is 13.6. The fourth-order valence-corrected chi connectivity index (χ4v) is 9.51. The average molecular weight is 927 g/mol. The monoisotopic (exact) mass is 926 g/mol. The Balaban J connectivity index is 0.00000109. The first kappa shape index (κ1) is 49.7. The number of carbonyl (C=O) groups is 4. The van der Waals surface area contributed by atoms with E-state index in [0.717, 1.165) is 81.6 Å². The molecule has 4 N–H and O–H groups in total. The lowest BCUT2D eigenvalue weighted by molar-refractivity contribution is -0.149. The summed E-state index contributed by atoms with van der Waals surface area (Å²) in [6, 6.07) is 12.5. The summed E-state index contributed by atoms with van der Waals surface area (Å²) >= 11 is 1.52. The fraction of sp³-hybridized carbons (Fsp3) is 0.596. The number of morpholine rings is 1. The van der Waals surface area contributed by atoms with Crippen LogP contribution in [-0.2, 0) is 43.1 Å². The molecule has 0 radical (unpaired) electrons. The highest BCUT2D eigenvalue weighted by atomic mass is 32.1. The third kappa shape index (κ3) is 14.9.